The molecule has 0 radical (unpaired) electrons. The summed E-state index contributed by atoms with van der Waals surface area (Å²) in [6.07, 6.45) is -3.04. The predicted octanol–water partition coefficient (Wildman–Crippen LogP) is 7.49. The molecule has 2 amide bonds. The van der Waals surface area contributed by atoms with Crippen molar-refractivity contribution in [2.24, 2.45) is 0 Å². The van der Waals surface area contributed by atoms with Gasteiger partial charge in [-0.2, -0.15) is 18.3 Å². The normalized spacial score (nSPS) is 20.2. The summed E-state index contributed by atoms with van der Waals surface area (Å²) in [6, 6.07) is 7.80. The summed E-state index contributed by atoms with van der Waals surface area (Å²) in [5, 5.41) is 4.76. The molecule has 2 aliphatic heterocycles. The first kappa shape index (κ1) is 27.5. The Morgan fingerprint density at radius 3 is 2.34 bits per heavy atom. The minimum absolute atomic E-state index is 0.0260. The van der Waals surface area contributed by atoms with Crippen molar-refractivity contribution in [3.8, 4) is 0 Å². The monoisotopic (exact) mass is 577 g/mol. The largest absolute Gasteiger partial charge is 0.416 e. The van der Waals surface area contributed by atoms with Crippen LogP contribution >= 0.6 is 0 Å². The van der Waals surface area contributed by atoms with Crippen LogP contribution in [-0.4, -0.2) is 39.8 Å². The lowest BCUT2D eigenvalue weighted by molar-refractivity contribution is -0.138. The molecular weight excluding hydrogens is 548 g/mol. The maximum Gasteiger partial charge on any atom is 0.416 e. The van der Waals surface area contributed by atoms with Crippen molar-refractivity contribution in [2.45, 2.75) is 69.9 Å². The fourth-order valence-corrected chi connectivity index (χ4v) is 6.11. The molecule has 3 aromatic rings. The zero-order valence-corrected chi connectivity index (χ0v) is 22.3. The highest BCUT2D eigenvalue weighted by Crippen LogP contribution is 2.44. The number of aromatic nitrogens is 2. The third-order valence-corrected chi connectivity index (χ3v) is 8.30. The summed E-state index contributed by atoms with van der Waals surface area (Å²) in [5.41, 5.74) is -0.236. The molecule has 0 spiro atoms. The highest BCUT2D eigenvalue weighted by molar-refractivity contribution is 5.95. The van der Waals surface area contributed by atoms with Crippen molar-refractivity contribution in [3.05, 3.63) is 76.9 Å². The molecule has 6 nitrogen and oxygen atoms in total. The Hall–Kier alpha value is -3.70. The van der Waals surface area contributed by atoms with Gasteiger partial charge < -0.3 is 9.80 Å². The Morgan fingerprint density at radius 1 is 0.976 bits per heavy atom. The molecular formula is C29H29F6N5O. The van der Waals surface area contributed by atoms with Gasteiger partial charge >= 0.3 is 12.2 Å². The van der Waals surface area contributed by atoms with Gasteiger partial charge in [-0.3, -0.25) is 9.58 Å². The molecule has 218 valence electrons. The van der Waals surface area contributed by atoms with E-state index in [1.54, 1.807) is 20.7 Å². The van der Waals surface area contributed by atoms with Crippen molar-refractivity contribution in [3.63, 3.8) is 0 Å². The lowest BCUT2D eigenvalue weighted by Gasteiger charge is -2.46. The third kappa shape index (κ3) is 5.01. The summed E-state index contributed by atoms with van der Waals surface area (Å²) in [4.78, 5) is 18.7. The lowest BCUT2D eigenvalue weighted by atomic mass is 9.97. The molecule has 0 bridgehead atoms. The summed E-state index contributed by atoms with van der Waals surface area (Å²) < 4.78 is 85.2. The van der Waals surface area contributed by atoms with Crippen LogP contribution in [0.3, 0.4) is 0 Å². The minimum atomic E-state index is -4.58. The van der Waals surface area contributed by atoms with E-state index in [1.165, 1.54) is 35.2 Å². The first-order valence-electron chi connectivity index (χ1n) is 13.7. The maximum absolute atomic E-state index is 14.6. The number of piperidine rings is 1. The molecule has 3 heterocycles. The fraction of sp³-hybridized carbons (Fsp3) is 0.448. The Kier molecular flexibility index (Phi) is 6.89. The molecule has 6 rings (SSSR count). The van der Waals surface area contributed by atoms with Gasteiger partial charge in [-0.15, -0.1) is 0 Å². The third-order valence-electron chi connectivity index (χ3n) is 8.30. The van der Waals surface area contributed by atoms with Crippen LogP contribution in [-0.2, 0) is 12.7 Å². The molecule has 0 N–H and O–H groups in total. The number of carbonyl (C=O) groups is 1. The Labute approximate surface area is 233 Å². The maximum atomic E-state index is 14.6. The van der Waals surface area contributed by atoms with Crippen molar-refractivity contribution in [2.75, 3.05) is 22.9 Å². The number of anilines is 2. The van der Waals surface area contributed by atoms with E-state index >= 15 is 0 Å². The van der Waals surface area contributed by atoms with Gasteiger partial charge in [-0.05, 0) is 50.3 Å². The fourth-order valence-electron chi connectivity index (χ4n) is 6.11. The van der Waals surface area contributed by atoms with Gasteiger partial charge in [0.25, 0.3) is 6.43 Å². The van der Waals surface area contributed by atoms with E-state index in [1.807, 2.05) is 6.92 Å². The van der Waals surface area contributed by atoms with Crippen molar-refractivity contribution < 1.29 is 31.1 Å². The number of carbonyl (C=O) groups excluding carboxylic acids is 1. The van der Waals surface area contributed by atoms with Crippen LogP contribution in [0, 0.1) is 5.82 Å². The van der Waals surface area contributed by atoms with E-state index in [4.69, 9.17) is 5.10 Å². The average Bonchev–Trinajstić information content (AvgIpc) is 3.69. The number of rotatable bonds is 6. The predicted molar refractivity (Wildman–Crippen MR) is 140 cm³/mol. The second-order valence-corrected chi connectivity index (χ2v) is 10.9. The molecule has 41 heavy (non-hydrogen) atoms. The number of nitrogens with zero attached hydrogens (tertiary/aromatic N) is 5. The number of para-hydroxylation sites is 1. The number of halogens is 6. The van der Waals surface area contributed by atoms with E-state index in [0.717, 1.165) is 25.0 Å². The highest BCUT2D eigenvalue weighted by atomic mass is 19.4. The van der Waals surface area contributed by atoms with E-state index in [-0.39, 0.29) is 48.5 Å². The Bertz CT molecular complexity index is 1440. The van der Waals surface area contributed by atoms with Crippen LogP contribution in [0.4, 0.5) is 42.5 Å². The second-order valence-electron chi connectivity index (χ2n) is 10.9. The van der Waals surface area contributed by atoms with Crippen molar-refractivity contribution in [1.82, 2.24) is 14.7 Å². The van der Waals surface area contributed by atoms with Crippen LogP contribution in [0.2, 0.25) is 0 Å². The Morgan fingerprint density at radius 2 is 1.68 bits per heavy atom. The first-order valence-corrected chi connectivity index (χ1v) is 13.7. The SMILES string of the molecule is C[C@H]1c2nn(C3CC3)cc2N(Cc2ccccc2C(F)(F)F)C(=O)N1C1CCN(c2c(F)cccc2C(F)F)CC1. The van der Waals surface area contributed by atoms with Gasteiger partial charge in [-0.25, -0.2) is 18.0 Å². The number of benzene rings is 2. The van der Waals surface area contributed by atoms with Crippen molar-refractivity contribution >= 4 is 17.4 Å². The molecule has 0 unspecified atom stereocenters. The molecule has 2 fully saturated rings. The van der Waals surface area contributed by atoms with Crippen LogP contribution in [0.15, 0.2) is 48.7 Å². The van der Waals surface area contributed by atoms with Gasteiger partial charge in [0.1, 0.15) is 11.5 Å². The molecule has 1 aliphatic carbocycles. The van der Waals surface area contributed by atoms with E-state index < -0.39 is 36.1 Å². The summed E-state index contributed by atoms with van der Waals surface area (Å²) in [6.45, 7) is 2.04. The second kappa shape index (κ2) is 10.3. The van der Waals surface area contributed by atoms with Gasteiger partial charge in [-0.1, -0.05) is 30.3 Å². The lowest BCUT2D eigenvalue weighted by Crippen LogP contribution is -2.55. The summed E-state index contributed by atoms with van der Waals surface area (Å²) in [7, 11) is 0. The number of alkyl halides is 5. The van der Waals surface area contributed by atoms with E-state index in [9.17, 15) is 31.1 Å². The van der Waals surface area contributed by atoms with Gasteiger partial charge in [0.2, 0.25) is 0 Å². The molecule has 1 saturated heterocycles. The molecule has 12 heteroatoms. The molecule has 1 saturated carbocycles. The molecule has 2 aromatic carbocycles. The number of urea groups is 1. The van der Waals surface area contributed by atoms with Crippen LogP contribution < -0.4 is 9.80 Å². The minimum Gasteiger partial charge on any atom is -0.369 e. The summed E-state index contributed by atoms with van der Waals surface area (Å²) >= 11 is 0. The average molecular weight is 578 g/mol. The molecule has 1 atom stereocenters. The number of fused-ring (bicyclic) bond motifs is 1. The Balaban J connectivity index is 1.30. The van der Waals surface area contributed by atoms with E-state index in [0.29, 0.717) is 24.2 Å². The first-order chi connectivity index (χ1) is 19.5. The smallest absolute Gasteiger partial charge is 0.369 e. The van der Waals surface area contributed by atoms with Gasteiger partial charge in [0, 0.05) is 30.9 Å². The molecule has 1 aromatic heterocycles. The quantitative estimate of drug-likeness (QED) is 0.285. The van der Waals surface area contributed by atoms with Crippen LogP contribution in [0.25, 0.3) is 0 Å². The van der Waals surface area contributed by atoms with Crippen LogP contribution in [0.5, 0.6) is 0 Å². The van der Waals surface area contributed by atoms with Crippen molar-refractivity contribution in [1.29, 1.82) is 0 Å². The number of hydrogen-bond donors (Lipinski definition) is 0. The number of amides is 2. The van der Waals surface area contributed by atoms with Gasteiger partial charge in [0.05, 0.1) is 35.6 Å². The van der Waals surface area contributed by atoms with E-state index in [2.05, 4.69) is 0 Å². The zero-order chi connectivity index (χ0) is 29.1. The van der Waals surface area contributed by atoms with Crippen LogP contribution in [0.1, 0.15) is 73.5 Å². The van der Waals surface area contributed by atoms with Gasteiger partial charge in [0.15, 0.2) is 0 Å². The molecule has 3 aliphatic rings. The number of hydrogen-bond acceptors (Lipinski definition) is 3. The topological polar surface area (TPSA) is 44.6 Å². The summed E-state index contributed by atoms with van der Waals surface area (Å²) in [5.74, 6) is -0.728. The highest BCUT2D eigenvalue weighted by Gasteiger charge is 2.44. The standard InChI is InChI=1S/C29H29F6N5O/c1-17-25-24(16-39(36-25)19-9-10-19)38(15-18-5-2-3-7-22(18)29(33,34)35)28(41)40(17)20-11-13-37(14-12-20)26-21(27(31)32)6-4-8-23(26)30/h2-8,16-17,19-20,27H,9-15H2,1H3/t17-/m0/s1. The zero-order valence-electron chi connectivity index (χ0n) is 22.3.